The summed E-state index contributed by atoms with van der Waals surface area (Å²) in [6, 6.07) is 0. The van der Waals surface area contributed by atoms with E-state index in [0.29, 0.717) is 18.7 Å². The molecule has 0 spiro atoms. The molecule has 64 valence electrons. The molecule has 1 aromatic heterocycles. The van der Waals surface area contributed by atoms with E-state index in [1.54, 1.807) is 23.0 Å². The predicted molar refractivity (Wildman–Crippen MR) is 47.0 cm³/mol. The molecule has 12 heavy (non-hydrogen) atoms. The SMILES string of the molecule is C=CCCC(=O)c1nccn1C. The van der Waals surface area contributed by atoms with E-state index in [1.165, 1.54) is 0 Å². The van der Waals surface area contributed by atoms with E-state index in [2.05, 4.69) is 11.6 Å². The zero-order valence-corrected chi connectivity index (χ0v) is 7.16. The van der Waals surface area contributed by atoms with E-state index < -0.39 is 0 Å². The summed E-state index contributed by atoms with van der Waals surface area (Å²) < 4.78 is 1.73. The number of carbonyl (C=O) groups excluding carboxylic acids is 1. The molecule has 0 aromatic carbocycles. The highest BCUT2D eigenvalue weighted by Gasteiger charge is 2.08. The summed E-state index contributed by atoms with van der Waals surface area (Å²) in [7, 11) is 1.81. The van der Waals surface area contributed by atoms with Gasteiger partial charge in [-0.2, -0.15) is 0 Å². The molecule has 0 fully saturated rings. The van der Waals surface area contributed by atoms with Gasteiger partial charge in [-0.1, -0.05) is 6.08 Å². The quantitative estimate of drug-likeness (QED) is 0.500. The molecule has 0 amide bonds. The van der Waals surface area contributed by atoms with E-state index in [9.17, 15) is 4.79 Å². The van der Waals surface area contributed by atoms with Crippen molar-refractivity contribution < 1.29 is 4.79 Å². The number of ketones is 1. The average molecular weight is 164 g/mol. The second-order valence-electron chi connectivity index (χ2n) is 2.61. The van der Waals surface area contributed by atoms with Gasteiger partial charge in [0.2, 0.25) is 0 Å². The molecular formula is C9H12N2O. The third-order valence-corrected chi connectivity index (χ3v) is 1.65. The molecule has 1 heterocycles. The van der Waals surface area contributed by atoms with Crippen LogP contribution in [0.4, 0.5) is 0 Å². The molecule has 1 rings (SSSR count). The zero-order valence-electron chi connectivity index (χ0n) is 7.16. The molecule has 0 saturated carbocycles. The van der Waals surface area contributed by atoms with Gasteiger partial charge in [0, 0.05) is 25.9 Å². The van der Waals surface area contributed by atoms with Crippen LogP contribution in [0, 0.1) is 0 Å². The van der Waals surface area contributed by atoms with Crippen LogP contribution in [0.5, 0.6) is 0 Å². The zero-order chi connectivity index (χ0) is 8.97. The number of Topliss-reactive ketones (excluding diaryl/α,β-unsaturated/α-hetero) is 1. The van der Waals surface area contributed by atoms with Crippen LogP contribution < -0.4 is 0 Å². The number of hydrogen-bond donors (Lipinski definition) is 0. The van der Waals surface area contributed by atoms with Crippen LogP contribution in [0.25, 0.3) is 0 Å². The van der Waals surface area contributed by atoms with Crippen LogP contribution in [-0.4, -0.2) is 15.3 Å². The van der Waals surface area contributed by atoms with Gasteiger partial charge >= 0.3 is 0 Å². The second-order valence-corrected chi connectivity index (χ2v) is 2.61. The third kappa shape index (κ3) is 1.81. The van der Waals surface area contributed by atoms with Gasteiger partial charge in [-0.3, -0.25) is 4.79 Å². The maximum Gasteiger partial charge on any atom is 0.198 e. The fraction of sp³-hybridized carbons (Fsp3) is 0.333. The van der Waals surface area contributed by atoms with Crippen LogP contribution in [0.2, 0.25) is 0 Å². The molecule has 0 bridgehead atoms. The smallest absolute Gasteiger partial charge is 0.198 e. The first-order valence-corrected chi connectivity index (χ1v) is 3.87. The Balaban J connectivity index is 2.65. The highest BCUT2D eigenvalue weighted by Crippen LogP contribution is 2.01. The lowest BCUT2D eigenvalue weighted by Crippen LogP contribution is -2.06. The molecule has 0 atom stereocenters. The maximum absolute atomic E-state index is 11.4. The fourth-order valence-corrected chi connectivity index (χ4v) is 0.979. The highest BCUT2D eigenvalue weighted by atomic mass is 16.1. The number of aromatic nitrogens is 2. The van der Waals surface area contributed by atoms with Crippen LogP contribution in [0.3, 0.4) is 0 Å². The number of allylic oxidation sites excluding steroid dienone is 1. The maximum atomic E-state index is 11.4. The van der Waals surface area contributed by atoms with Gasteiger partial charge in [0.25, 0.3) is 0 Å². The number of rotatable bonds is 4. The molecule has 0 aliphatic rings. The number of nitrogens with zero attached hydrogens (tertiary/aromatic N) is 2. The Kier molecular flexibility index (Phi) is 2.80. The van der Waals surface area contributed by atoms with E-state index >= 15 is 0 Å². The fourth-order valence-electron chi connectivity index (χ4n) is 0.979. The summed E-state index contributed by atoms with van der Waals surface area (Å²) in [5, 5.41) is 0. The standard InChI is InChI=1S/C9H12N2O/c1-3-4-5-8(12)9-10-6-7-11(9)2/h3,6-7H,1,4-5H2,2H3. The van der Waals surface area contributed by atoms with E-state index in [0.717, 1.165) is 0 Å². The Morgan fingerprint density at radius 2 is 2.58 bits per heavy atom. The van der Waals surface area contributed by atoms with Gasteiger partial charge in [-0.05, 0) is 6.42 Å². The summed E-state index contributed by atoms with van der Waals surface area (Å²) >= 11 is 0. The van der Waals surface area contributed by atoms with Crippen molar-refractivity contribution in [2.24, 2.45) is 7.05 Å². The Morgan fingerprint density at radius 3 is 3.08 bits per heavy atom. The van der Waals surface area contributed by atoms with Crippen molar-refractivity contribution in [3.8, 4) is 0 Å². The van der Waals surface area contributed by atoms with Gasteiger partial charge in [-0.25, -0.2) is 4.98 Å². The number of carbonyl (C=O) groups is 1. The van der Waals surface area contributed by atoms with Crippen molar-refractivity contribution in [1.29, 1.82) is 0 Å². The predicted octanol–water partition coefficient (Wildman–Crippen LogP) is 1.57. The molecule has 0 aliphatic heterocycles. The molecule has 0 unspecified atom stereocenters. The van der Waals surface area contributed by atoms with Gasteiger partial charge in [0.05, 0.1) is 0 Å². The Bertz CT molecular complexity index is 288. The van der Waals surface area contributed by atoms with Crippen LogP contribution in [0.1, 0.15) is 23.5 Å². The van der Waals surface area contributed by atoms with Gasteiger partial charge in [0.15, 0.2) is 11.6 Å². The monoisotopic (exact) mass is 164 g/mol. The van der Waals surface area contributed by atoms with Crippen molar-refractivity contribution in [3.05, 3.63) is 30.9 Å². The van der Waals surface area contributed by atoms with Crippen LogP contribution in [0.15, 0.2) is 25.0 Å². The Hall–Kier alpha value is -1.38. The first-order valence-electron chi connectivity index (χ1n) is 3.87. The summed E-state index contributed by atoms with van der Waals surface area (Å²) in [6.07, 6.45) is 6.34. The normalized spacial score (nSPS) is 9.75. The van der Waals surface area contributed by atoms with Crippen LogP contribution in [-0.2, 0) is 7.05 Å². The minimum Gasteiger partial charge on any atom is -0.332 e. The summed E-state index contributed by atoms with van der Waals surface area (Å²) in [4.78, 5) is 15.3. The Labute approximate surface area is 71.7 Å². The van der Waals surface area contributed by atoms with Crippen molar-refractivity contribution in [2.45, 2.75) is 12.8 Å². The molecule has 3 heteroatoms. The first-order chi connectivity index (χ1) is 5.75. The first kappa shape index (κ1) is 8.71. The van der Waals surface area contributed by atoms with E-state index in [1.807, 2.05) is 7.05 Å². The molecular weight excluding hydrogens is 152 g/mol. The largest absolute Gasteiger partial charge is 0.332 e. The Morgan fingerprint density at radius 1 is 1.83 bits per heavy atom. The van der Waals surface area contributed by atoms with Gasteiger partial charge in [-0.15, -0.1) is 6.58 Å². The lowest BCUT2D eigenvalue weighted by molar-refractivity contribution is 0.0971. The molecule has 0 saturated heterocycles. The lowest BCUT2D eigenvalue weighted by atomic mass is 10.2. The number of imidazole rings is 1. The second kappa shape index (κ2) is 3.85. The summed E-state index contributed by atoms with van der Waals surface area (Å²) in [6.45, 7) is 3.56. The van der Waals surface area contributed by atoms with E-state index in [4.69, 9.17) is 0 Å². The molecule has 1 aromatic rings. The van der Waals surface area contributed by atoms with Crippen molar-refractivity contribution in [1.82, 2.24) is 9.55 Å². The summed E-state index contributed by atoms with van der Waals surface area (Å²) in [5.41, 5.74) is 0. The average Bonchev–Trinajstić information content (AvgIpc) is 2.47. The highest BCUT2D eigenvalue weighted by molar-refractivity contribution is 5.92. The molecule has 0 N–H and O–H groups in total. The number of aryl methyl sites for hydroxylation is 1. The van der Waals surface area contributed by atoms with Crippen molar-refractivity contribution >= 4 is 5.78 Å². The van der Waals surface area contributed by atoms with Crippen molar-refractivity contribution in [2.75, 3.05) is 0 Å². The third-order valence-electron chi connectivity index (χ3n) is 1.65. The minimum absolute atomic E-state index is 0.0717. The molecule has 3 nitrogen and oxygen atoms in total. The van der Waals surface area contributed by atoms with Crippen LogP contribution >= 0.6 is 0 Å². The van der Waals surface area contributed by atoms with E-state index in [-0.39, 0.29) is 5.78 Å². The number of hydrogen-bond acceptors (Lipinski definition) is 2. The topological polar surface area (TPSA) is 34.9 Å². The molecule has 0 radical (unpaired) electrons. The van der Waals surface area contributed by atoms with Crippen molar-refractivity contribution in [3.63, 3.8) is 0 Å². The minimum atomic E-state index is 0.0717. The lowest BCUT2D eigenvalue weighted by Gasteiger charge is -1.97. The summed E-state index contributed by atoms with van der Waals surface area (Å²) in [5.74, 6) is 0.597. The molecule has 0 aliphatic carbocycles. The van der Waals surface area contributed by atoms with Gasteiger partial charge < -0.3 is 4.57 Å². The van der Waals surface area contributed by atoms with Gasteiger partial charge in [0.1, 0.15) is 0 Å².